The Hall–Kier alpha value is -3.75. The standard InChI is InChI=1S/C21H19N5O4/c22-21(30)26-16(9-12-2-1-7-23-18(12)26)11-3-4-14-13(8-11)10-25(20(14)29)15-5-6-17(27)24-19(15)28/h1-4,7-8,15-16H,5-6,9-10H2,(H2,22,30)(H,24,27,28). The molecule has 1 saturated heterocycles. The summed E-state index contributed by atoms with van der Waals surface area (Å²) >= 11 is 0. The molecule has 0 saturated carbocycles. The predicted molar refractivity (Wildman–Crippen MR) is 105 cm³/mol. The van der Waals surface area contributed by atoms with Crippen LogP contribution in [-0.4, -0.2) is 39.7 Å². The molecule has 2 unspecified atom stereocenters. The van der Waals surface area contributed by atoms with E-state index in [0.29, 0.717) is 24.2 Å². The summed E-state index contributed by atoms with van der Waals surface area (Å²) in [5.41, 5.74) is 8.74. The number of hydrogen-bond acceptors (Lipinski definition) is 5. The van der Waals surface area contributed by atoms with Gasteiger partial charge in [-0.2, -0.15) is 0 Å². The number of pyridine rings is 1. The molecule has 0 aliphatic carbocycles. The number of aromatic nitrogens is 1. The van der Waals surface area contributed by atoms with Gasteiger partial charge in [0.05, 0.1) is 6.04 Å². The number of nitrogens with zero attached hydrogens (tertiary/aromatic N) is 3. The molecule has 3 aliphatic rings. The molecule has 1 fully saturated rings. The van der Waals surface area contributed by atoms with Crippen LogP contribution in [0.5, 0.6) is 0 Å². The number of imide groups is 1. The van der Waals surface area contributed by atoms with Crippen LogP contribution in [0.1, 0.15) is 45.9 Å². The molecule has 2 atom stereocenters. The number of rotatable bonds is 2. The molecule has 3 N–H and O–H groups in total. The Balaban J connectivity index is 1.44. The second kappa shape index (κ2) is 6.65. The first-order chi connectivity index (χ1) is 14.4. The zero-order valence-corrected chi connectivity index (χ0v) is 16.0. The van der Waals surface area contributed by atoms with Crippen molar-refractivity contribution < 1.29 is 19.2 Å². The average Bonchev–Trinajstić information content (AvgIpc) is 3.26. The van der Waals surface area contributed by atoms with Crippen molar-refractivity contribution in [2.75, 3.05) is 4.90 Å². The van der Waals surface area contributed by atoms with E-state index in [4.69, 9.17) is 5.73 Å². The summed E-state index contributed by atoms with van der Waals surface area (Å²) in [4.78, 5) is 55.9. The first kappa shape index (κ1) is 18.3. The Bertz CT molecular complexity index is 1110. The van der Waals surface area contributed by atoms with Crippen LogP contribution in [-0.2, 0) is 22.6 Å². The van der Waals surface area contributed by atoms with Gasteiger partial charge in [-0.3, -0.25) is 24.6 Å². The average molecular weight is 405 g/mol. The molecule has 2 aromatic rings. The number of nitrogens with one attached hydrogen (secondary N) is 1. The number of carbonyl (C=O) groups is 4. The first-order valence-corrected chi connectivity index (χ1v) is 9.74. The summed E-state index contributed by atoms with van der Waals surface area (Å²) in [5, 5.41) is 2.30. The van der Waals surface area contributed by atoms with Crippen molar-refractivity contribution >= 4 is 29.6 Å². The van der Waals surface area contributed by atoms with Gasteiger partial charge in [0, 0.05) is 31.1 Å². The lowest BCUT2D eigenvalue weighted by Gasteiger charge is -2.29. The van der Waals surface area contributed by atoms with Crippen molar-refractivity contribution in [3.63, 3.8) is 0 Å². The maximum absolute atomic E-state index is 12.9. The molecule has 30 heavy (non-hydrogen) atoms. The summed E-state index contributed by atoms with van der Waals surface area (Å²) < 4.78 is 0. The molecule has 5 rings (SSSR count). The van der Waals surface area contributed by atoms with Gasteiger partial charge < -0.3 is 10.6 Å². The molecular weight excluding hydrogens is 386 g/mol. The molecule has 0 bridgehead atoms. The van der Waals surface area contributed by atoms with Crippen LogP contribution in [0.15, 0.2) is 36.5 Å². The number of anilines is 1. The first-order valence-electron chi connectivity index (χ1n) is 9.74. The topological polar surface area (TPSA) is 126 Å². The molecule has 5 amide bonds. The van der Waals surface area contributed by atoms with Gasteiger partial charge in [-0.15, -0.1) is 0 Å². The van der Waals surface area contributed by atoms with E-state index >= 15 is 0 Å². The molecule has 9 heteroatoms. The van der Waals surface area contributed by atoms with Crippen molar-refractivity contribution in [3.8, 4) is 0 Å². The number of urea groups is 1. The van der Waals surface area contributed by atoms with E-state index in [0.717, 1.165) is 16.7 Å². The van der Waals surface area contributed by atoms with Gasteiger partial charge in [-0.25, -0.2) is 9.78 Å². The summed E-state index contributed by atoms with van der Waals surface area (Å²) in [7, 11) is 0. The van der Waals surface area contributed by atoms with Crippen LogP contribution in [0.2, 0.25) is 0 Å². The fourth-order valence-corrected chi connectivity index (χ4v) is 4.58. The van der Waals surface area contributed by atoms with E-state index < -0.39 is 18.0 Å². The Morgan fingerprint density at radius 1 is 1.13 bits per heavy atom. The quantitative estimate of drug-likeness (QED) is 0.722. The third kappa shape index (κ3) is 2.73. The molecule has 3 aliphatic heterocycles. The molecule has 1 aromatic heterocycles. The maximum Gasteiger partial charge on any atom is 0.321 e. The van der Waals surface area contributed by atoms with Crippen LogP contribution in [0.4, 0.5) is 10.6 Å². The molecular formula is C21H19N5O4. The minimum Gasteiger partial charge on any atom is -0.351 e. The van der Waals surface area contributed by atoms with E-state index in [1.165, 1.54) is 9.80 Å². The third-order valence-corrected chi connectivity index (χ3v) is 5.99. The lowest BCUT2D eigenvalue weighted by Crippen LogP contribution is -2.52. The summed E-state index contributed by atoms with van der Waals surface area (Å²) in [6.45, 7) is 0.281. The van der Waals surface area contributed by atoms with Gasteiger partial charge in [0.15, 0.2) is 0 Å². The number of carbonyl (C=O) groups excluding carboxylic acids is 4. The Morgan fingerprint density at radius 3 is 2.73 bits per heavy atom. The molecule has 152 valence electrons. The highest BCUT2D eigenvalue weighted by molar-refractivity contribution is 6.05. The maximum atomic E-state index is 12.9. The van der Waals surface area contributed by atoms with Gasteiger partial charge in [0.1, 0.15) is 11.9 Å². The lowest BCUT2D eigenvalue weighted by molar-refractivity contribution is -0.136. The van der Waals surface area contributed by atoms with Crippen molar-refractivity contribution in [1.82, 2.24) is 15.2 Å². The lowest BCUT2D eigenvalue weighted by atomic mass is 9.98. The van der Waals surface area contributed by atoms with E-state index in [9.17, 15) is 19.2 Å². The van der Waals surface area contributed by atoms with Crippen LogP contribution >= 0.6 is 0 Å². The minimum absolute atomic E-state index is 0.211. The summed E-state index contributed by atoms with van der Waals surface area (Å²) in [6.07, 6.45) is 2.73. The zero-order chi connectivity index (χ0) is 21.0. The van der Waals surface area contributed by atoms with E-state index in [2.05, 4.69) is 10.3 Å². The van der Waals surface area contributed by atoms with Crippen LogP contribution in [0.25, 0.3) is 0 Å². The number of fused-ring (bicyclic) bond motifs is 2. The van der Waals surface area contributed by atoms with Crippen LogP contribution in [0.3, 0.4) is 0 Å². The highest BCUT2D eigenvalue weighted by Gasteiger charge is 2.40. The second-order valence-corrected chi connectivity index (χ2v) is 7.73. The number of piperidine rings is 1. The number of nitrogens with two attached hydrogens (primary N) is 1. The van der Waals surface area contributed by atoms with Crippen LogP contribution in [0, 0.1) is 0 Å². The van der Waals surface area contributed by atoms with Crippen molar-refractivity contribution in [1.29, 1.82) is 0 Å². The summed E-state index contributed by atoms with van der Waals surface area (Å²) in [5.74, 6) is -0.431. The van der Waals surface area contributed by atoms with E-state index in [1.807, 2.05) is 24.3 Å². The van der Waals surface area contributed by atoms with Gasteiger partial charge in [0.25, 0.3) is 5.91 Å². The molecule has 4 heterocycles. The highest BCUT2D eigenvalue weighted by atomic mass is 16.2. The Morgan fingerprint density at radius 2 is 1.97 bits per heavy atom. The predicted octanol–water partition coefficient (Wildman–Crippen LogP) is 1.03. The van der Waals surface area contributed by atoms with E-state index in [-0.39, 0.29) is 30.8 Å². The molecule has 0 radical (unpaired) electrons. The van der Waals surface area contributed by atoms with Crippen molar-refractivity contribution in [2.45, 2.75) is 37.9 Å². The van der Waals surface area contributed by atoms with E-state index in [1.54, 1.807) is 12.3 Å². The van der Waals surface area contributed by atoms with Gasteiger partial charge in [-0.1, -0.05) is 18.2 Å². The van der Waals surface area contributed by atoms with Crippen LogP contribution < -0.4 is 16.0 Å². The SMILES string of the molecule is NC(=O)N1c2ncccc2CC1c1ccc2c(c1)CN(C1CCC(=O)NC1=O)C2=O. The smallest absolute Gasteiger partial charge is 0.321 e. The Kier molecular flexibility index (Phi) is 4.05. The second-order valence-electron chi connectivity index (χ2n) is 7.73. The highest BCUT2D eigenvalue weighted by Crippen LogP contribution is 2.40. The zero-order valence-electron chi connectivity index (χ0n) is 16.0. The molecule has 1 aromatic carbocycles. The van der Waals surface area contributed by atoms with Gasteiger partial charge in [-0.05, 0) is 35.2 Å². The normalized spacial score (nSPS) is 22.7. The number of benzene rings is 1. The molecule has 9 nitrogen and oxygen atoms in total. The number of hydrogen-bond donors (Lipinski definition) is 2. The number of amides is 5. The Labute approximate surface area is 171 Å². The summed E-state index contributed by atoms with van der Waals surface area (Å²) in [6, 6.07) is 7.63. The monoisotopic (exact) mass is 405 g/mol. The number of primary amides is 1. The van der Waals surface area contributed by atoms with Gasteiger partial charge >= 0.3 is 6.03 Å². The fraction of sp³-hybridized carbons (Fsp3) is 0.286. The fourth-order valence-electron chi connectivity index (χ4n) is 4.58. The largest absolute Gasteiger partial charge is 0.351 e. The van der Waals surface area contributed by atoms with Crippen molar-refractivity contribution in [2.24, 2.45) is 5.73 Å². The molecule has 0 spiro atoms. The minimum atomic E-state index is -0.659. The van der Waals surface area contributed by atoms with Gasteiger partial charge in [0.2, 0.25) is 11.8 Å². The third-order valence-electron chi connectivity index (χ3n) is 5.99. The van der Waals surface area contributed by atoms with Crippen molar-refractivity contribution in [3.05, 3.63) is 58.8 Å².